The van der Waals surface area contributed by atoms with Crippen LogP contribution in [0.15, 0.2) is 30.9 Å². The van der Waals surface area contributed by atoms with Crippen molar-refractivity contribution in [2.75, 3.05) is 26.2 Å². The lowest BCUT2D eigenvalue weighted by Gasteiger charge is -2.36. The lowest BCUT2D eigenvalue weighted by Crippen LogP contribution is -2.45. The zero-order chi connectivity index (χ0) is 18.7. The van der Waals surface area contributed by atoms with Crippen LogP contribution in [0.25, 0.3) is 0 Å². The number of alkyl halides is 6. The van der Waals surface area contributed by atoms with Gasteiger partial charge in [-0.05, 0) is 36.6 Å². The third-order valence-electron chi connectivity index (χ3n) is 4.28. The molecule has 1 aliphatic heterocycles. The summed E-state index contributed by atoms with van der Waals surface area (Å²) in [6.07, 6.45) is -7.13. The monoisotopic (exact) mass is 366 g/mol. The van der Waals surface area contributed by atoms with Crippen LogP contribution in [0.4, 0.5) is 26.3 Å². The number of nitrogens with one attached hydrogen (secondary N) is 1. The summed E-state index contributed by atoms with van der Waals surface area (Å²) in [7, 11) is 0. The SMILES string of the molecule is C=CCC[C@H](c1cc(C(F)(F)F)ccc1C(F)(F)F)N1CCNCC1. The van der Waals surface area contributed by atoms with Crippen molar-refractivity contribution in [1.29, 1.82) is 0 Å². The Morgan fingerprint density at radius 2 is 1.72 bits per heavy atom. The molecule has 1 aliphatic rings. The molecule has 0 radical (unpaired) electrons. The van der Waals surface area contributed by atoms with Gasteiger partial charge < -0.3 is 5.32 Å². The van der Waals surface area contributed by atoms with E-state index >= 15 is 0 Å². The van der Waals surface area contributed by atoms with Gasteiger partial charge in [-0.2, -0.15) is 26.3 Å². The molecule has 1 aromatic carbocycles. The molecular weight excluding hydrogens is 346 g/mol. The number of allylic oxidation sites excluding steroid dienone is 1. The van der Waals surface area contributed by atoms with Gasteiger partial charge in [0.25, 0.3) is 0 Å². The lowest BCUT2D eigenvalue weighted by molar-refractivity contribution is -0.142. The van der Waals surface area contributed by atoms with Crippen LogP contribution in [-0.4, -0.2) is 31.1 Å². The Morgan fingerprint density at radius 3 is 2.24 bits per heavy atom. The van der Waals surface area contributed by atoms with Crippen molar-refractivity contribution in [2.45, 2.75) is 31.2 Å². The highest BCUT2D eigenvalue weighted by Crippen LogP contribution is 2.41. The highest BCUT2D eigenvalue weighted by molar-refractivity contribution is 5.38. The topological polar surface area (TPSA) is 15.3 Å². The van der Waals surface area contributed by atoms with Gasteiger partial charge in [0, 0.05) is 32.2 Å². The highest BCUT2D eigenvalue weighted by atomic mass is 19.4. The van der Waals surface area contributed by atoms with Crippen LogP contribution in [0.2, 0.25) is 0 Å². The van der Waals surface area contributed by atoms with Gasteiger partial charge in [0.05, 0.1) is 11.1 Å². The molecule has 1 fully saturated rings. The first-order chi connectivity index (χ1) is 11.6. The first kappa shape index (κ1) is 19.8. The van der Waals surface area contributed by atoms with Crippen LogP contribution in [0.3, 0.4) is 0 Å². The van der Waals surface area contributed by atoms with E-state index in [1.165, 1.54) is 0 Å². The van der Waals surface area contributed by atoms with E-state index in [0.29, 0.717) is 50.8 Å². The highest BCUT2D eigenvalue weighted by Gasteiger charge is 2.39. The Labute approximate surface area is 142 Å². The second kappa shape index (κ2) is 7.78. The normalized spacial score (nSPS) is 18.2. The summed E-state index contributed by atoms with van der Waals surface area (Å²) in [4.78, 5) is 1.81. The van der Waals surface area contributed by atoms with E-state index in [-0.39, 0.29) is 12.0 Å². The Morgan fingerprint density at radius 1 is 1.08 bits per heavy atom. The molecule has 1 saturated heterocycles. The third-order valence-corrected chi connectivity index (χ3v) is 4.28. The van der Waals surface area contributed by atoms with Crippen molar-refractivity contribution in [3.63, 3.8) is 0 Å². The molecule has 8 heteroatoms. The largest absolute Gasteiger partial charge is 0.416 e. The van der Waals surface area contributed by atoms with Gasteiger partial charge >= 0.3 is 12.4 Å². The predicted molar refractivity (Wildman–Crippen MR) is 83.1 cm³/mol. The number of hydrogen-bond donors (Lipinski definition) is 1. The summed E-state index contributed by atoms with van der Waals surface area (Å²) in [5.41, 5.74) is -2.38. The van der Waals surface area contributed by atoms with Gasteiger partial charge in [-0.3, -0.25) is 4.90 Å². The van der Waals surface area contributed by atoms with Gasteiger partial charge in [-0.15, -0.1) is 6.58 Å². The first-order valence-electron chi connectivity index (χ1n) is 7.98. The number of piperazine rings is 1. The molecular formula is C17H20F6N2. The third kappa shape index (κ3) is 4.98. The number of hydrogen-bond acceptors (Lipinski definition) is 2. The van der Waals surface area contributed by atoms with Crippen molar-refractivity contribution in [3.05, 3.63) is 47.5 Å². The molecule has 0 saturated carbocycles. The predicted octanol–water partition coefficient (Wildman–Crippen LogP) is 4.64. The van der Waals surface area contributed by atoms with E-state index < -0.39 is 29.5 Å². The molecule has 0 unspecified atom stereocenters. The Hall–Kier alpha value is -1.54. The van der Waals surface area contributed by atoms with E-state index in [2.05, 4.69) is 11.9 Å². The van der Waals surface area contributed by atoms with Gasteiger partial charge in [0.2, 0.25) is 0 Å². The molecule has 0 bridgehead atoms. The Kier molecular flexibility index (Phi) is 6.16. The van der Waals surface area contributed by atoms with Gasteiger partial charge in [-0.25, -0.2) is 0 Å². The second-order valence-electron chi connectivity index (χ2n) is 5.97. The number of nitrogens with zero attached hydrogens (tertiary/aromatic N) is 1. The summed E-state index contributed by atoms with van der Waals surface area (Å²) >= 11 is 0. The van der Waals surface area contributed by atoms with Crippen molar-refractivity contribution >= 4 is 0 Å². The van der Waals surface area contributed by atoms with Crippen LogP contribution < -0.4 is 5.32 Å². The molecule has 25 heavy (non-hydrogen) atoms. The lowest BCUT2D eigenvalue weighted by atomic mass is 9.92. The fourth-order valence-corrected chi connectivity index (χ4v) is 3.08. The Bertz CT molecular complexity index is 588. The summed E-state index contributed by atoms with van der Waals surface area (Å²) < 4.78 is 79.3. The number of halogens is 6. The minimum absolute atomic E-state index is 0.286. The molecule has 140 valence electrons. The van der Waals surface area contributed by atoms with Crippen molar-refractivity contribution in [1.82, 2.24) is 10.2 Å². The summed E-state index contributed by atoms with van der Waals surface area (Å²) in [6.45, 7) is 5.71. The maximum atomic E-state index is 13.4. The average Bonchev–Trinajstić information content (AvgIpc) is 2.54. The fraction of sp³-hybridized carbons (Fsp3) is 0.529. The van der Waals surface area contributed by atoms with Crippen molar-refractivity contribution < 1.29 is 26.3 Å². The molecule has 1 aromatic rings. The molecule has 2 rings (SSSR count). The molecule has 1 heterocycles. The number of benzene rings is 1. The van der Waals surface area contributed by atoms with Crippen LogP contribution in [0.5, 0.6) is 0 Å². The van der Waals surface area contributed by atoms with Gasteiger partial charge in [0.1, 0.15) is 0 Å². The van der Waals surface area contributed by atoms with Crippen LogP contribution >= 0.6 is 0 Å². The molecule has 1 atom stereocenters. The van der Waals surface area contributed by atoms with Crippen LogP contribution in [0, 0.1) is 0 Å². The van der Waals surface area contributed by atoms with Crippen LogP contribution in [0.1, 0.15) is 35.6 Å². The summed E-state index contributed by atoms with van der Waals surface area (Å²) in [6, 6.07) is 0.952. The molecule has 0 aromatic heterocycles. The average molecular weight is 366 g/mol. The molecule has 0 aliphatic carbocycles. The fourth-order valence-electron chi connectivity index (χ4n) is 3.08. The second-order valence-corrected chi connectivity index (χ2v) is 5.97. The minimum atomic E-state index is -4.71. The van der Waals surface area contributed by atoms with E-state index in [0.717, 1.165) is 0 Å². The van der Waals surface area contributed by atoms with Gasteiger partial charge in [-0.1, -0.05) is 6.08 Å². The minimum Gasteiger partial charge on any atom is -0.314 e. The van der Waals surface area contributed by atoms with E-state index in [4.69, 9.17) is 0 Å². The maximum Gasteiger partial charge on any atom is 0.416 e. The van der Waals surface area contributed by atoms with Crippen LogP contribution in [-0.2, 0) is 12.4 Å². The first-order valence-corrected chi connectivity index (χ1v) is 7.98. The number of rotatable bonds is 5. The van der Waals surface area contributed by atoms with Crippen molar-refractivity contribution in [3.8, 4) is 0 Å². The molecule has 1 N–H and O–H groups in total. The quantitative estimate of drug-likeness (QED) is 0.603. The molecule has 2 nitrogen and oxygen atoms in total. The zero-order valence-corrected chi connectivity index (χ0v) is 13.6. The summed E-state index contributed by atoms with van der Waals surface area (Å²) in [5.74, 6) is 0. The van der Waals surface area contributed by atoms with E-state index in [1.807, 2.05) is 4.90 Å². The molecule has 0 spiro atoms. The smallest absolute Gasteiger partial charge is 0.314 e. The van der Waals surface area contributed by atoms with E-state index in [9.17, 15) is 26.3 Å². The zero-order valence-electron chi connectivity index (χ0n) is 13.6. The maximum absolute atomic E-state index is 13.4. The van der Waals surface area contributed by atoms with E-state index in [1.54, 1.807) is 6.08 Å². The Balaban J connectivity index is 2.52. The van der Waals surface area contributed by atoms with Gasteiger partial charge in [0.15, 0.2) is 0 Å². The molecule has 0 amide bonds. The van der Waals surface area contributed by atoms with Crippen molar-refractivity contribution in [2.24, 2.45) is 0 Å². The summed E-state index contributed by atoms with van der Waals surface area (Å²) in [5, 5.41) is 3.09. The standard InChI is InChI=1S/C17H20F6N2/c1-2-3-4-15(25-9-7-24-8-10-25)13-11-12(16(18,19)20)5-6-14(13)17(21,22)23/h2,5-6,11,15,24H,1,3-4,7-10H2/t15-/m1/s1.